The highest BCUT2D eigenvalue weighted by atomic mass is 19.2. The zero-order chi connectivity index (χ0) is 25.7. The monoisotopic (exact) mass is 506 g/mol. The molecule has 2 unspecified atom stereocenters. The Morgan fingerprint density at radius 1 is 0.583 bits per heavy atom. The van der Waals surface area contributed by atoms with Crippen LogP contribution in [0.15, 0.2) is 23.8 Å². The molecule has 0 aromatic heterocycles. The van der Waals surface area contributed by atoms with E-state index in [0.29, 0.717) is 23.5 Å². The van der Waals surface area contributed by atoms with E-state index in [2.05, 4.69) is 13.8 Å². The molecule has 1 aromatic rings. The van der Waals surface area contributed by atoms with Crippen LogP contribution in [0.25, 0.3) is 0 Å². The van der Waals surface area contributed by atoms with Gasteiger partial charge in [0.25, 0.3) is 0 Å². The smallest absolute Gasteiger partial charge is 0.162 e. The summed E-state index contributed by atoms with van der Waals surface area (Å²) in [5.74, 6) is -1.30. The van der Waals surface area contributed by atoms with Crippen molar-refractivity contribution in [3.05, 3.63) is 46.5 Å². The quantitative estimate of drug-likeness (QED) is 0.292. The van der Waals surface area contributed by atoms with Crippen LogP contribution in [-0.4, -0.2) is 0 Å². The minimum Gasteiger partial charge on any atom is -0.209 e. The predicted molar refractivity (Wildman–Crippen MR) is 140 cm³/mol. The zero-order valence-corrected chi connectivity index (χ0v) is 22.4. The van der Waals surface area contributed by atoms with E-state index in [0.717, 1.165) is 95.8 Å². The Kier molecular flexibility index (Phi) is 9.98. The summed E-state index contributed by atoms with van der Waals surface area (Å²) in [6.45, 7) is 4.29. The maximum absolute atomic E-state index is 15.2. The zero-order valence-electron chi connectivity index (χ0n) is 22.4. The van der Waals surface area contributed by atoms with Crippen LogP contribution in [0, 0.1) is 35.3 Å². The number of benzene rings is 1. The number of allylic oxidation sites excluding steroid dienone is 2. The van der Waals surface area contributed by atoms with Crippen LogP contribution in [-0.2, 0) is 0 Å². The molecular weight excluding hydrogens is 460 g/mol. The molecule has 4 heteroatoms. The van der Waals surface area contributed by atoms with Gasteiger partial charge in [-0.1, -0.05) is 45.2 Å². The molecule has 36 heavy (non-hydrogen) atoms. The van der Waals surface area contributed by atoms with Crippen LogP contribution in [0.2, 0.25) is 0 Å². The lowest BCUT2D eigenvalue weighted by molar-refractivity contribution is 0.242. The predicted octanol–water partition coefficient (Wildman–Crippen LogP) is 11.1. The maximum atomic E-state index is 15.2. The highest BCUT2D eigenvalue weighted by Gasteiger charge is 2.33. The highest BCUT2D eigenvalue weighted by molar-refractivity contribution is 5.32. The van der Waals surface area contributed by atoms with Gasteiger partial charge < -0.3 is 0 Å². The van der Waals surface area contributed by atoms with Gasteiger partial charge in [-0.25, -0.2) is 17.6 Å². The molecule has 0 radical (unpaired) electrons. The van der Waals surface area contributed by atoms with Crippen LogP contribution < -0.4 is 0 Å². The molecule has 0 heterocycles. The molecule has 3 aliphatic carbocycles. The molecular formula is C32H46F4. The van der Waals surface area contributed by atoms with Gasteiger partial charge in [-0.3, -0.25) is 0 Å². The third-order valence-electron chi connectivity index (χ3n) is 9.93. The van der Waals surface area contributed by atoms with E-state index >= 15 is 8.78 Å². The number of rotatable bonds is 9. The summed E-state index contributed by atoms with van der Waals surface area (Å²) in [7, 11) is 0. The summed E-state index contributed by atoms with van der Waals surface area (Å²) >= 11 is 0. The van der Waals surface area contributed by atoms with E-state index in [4.69, 9.17) is 0 Å². The summed E-state index contributed by atoms with van der Waals surface area (Å²) in [6.07, 6.45) is 14.7. The van der Waals surface area contributed by atoms with Crippen LogP contribution >= 0.6 is 0 Å². The van der Waals surface area contributed by atoms with Gasteiger partial charge in [0, 0.05) is 11.8 Å². The average Bonchev–Trinajstić information content (AvgIpc) is 2.91. The van der Waals surface area contributed by atoms with Gasteiger partial charge >= 0.3 is 0 Å². The van der Waals surface area contributed by atoms with Gasteiger partial charge in [-0.2, -0.15) is 0 Å². The second kappa shape index (κ2) is 13.0. The summed E-state index contributed by atoms with van der Waals surface area (Å²) in [5.41, 5.74) is 1.12. The van der Waals surface area contributed by atoms with Crippen molar-refractivity contribution in [2.24, 2.45) is 23.7 Å². The van der Waals surface area contributed by atoms with Crippen molar-refractivity contribution < 1.29 is 17.6 Å². The van der Waals surface area contributed by atoms with Gasteiger partial charge in [-0.05, 0) is 118 Å². The molecule has 0 spiro atoms. The molecule has 0 bridgehead atoms. The average molecular weight is 507 g/mol. The molecule has 0 aliphatic heterocycles. The first-order chi connectivity index (χ1) is 17.4. The Morgan fingerprint density at radius 2 is 1.06 bits per heavy atom. The molecule has 0 nitrogen and oxygen atoms in total. The summed E-state index contributed by atoms with van der Waals surface area (Å²) in [6, 6.07) is 3.71. The minimum absolute atomic E-state index is 0.0590. The number of unbranched alkanes of at least 4 members (excludes halogenated alkanes) is 1. The minimum atomic E-state index is -0.629. The molecule has 0 N–H and O–H groups in total. The van der Waals surface area contributed by atoms with Crippen molar-refractivity contribution in [3.8, 4) is 0 Å². The lowest BCUT2D eigenvalue weighted by atomic mass is 9.74. The van der Waals surface area contributed by atoms with Crippen molar-refractivity contribution in [3.63, 3.8) is 0 Å². The number of hydrogen-bond donors (Lipinski definition) is 0. The van der Waals surface area contributed by atoms with Crippen molar-refractivity contribution in [2.75, 3.05) is 0 Å². The van der Waals surface area contributed by atoms with E-state index in [-0.39, 0.29) is 23.7 Å². The standard InChI is InChI=1S/C32H46F4/c1-3-5-6-25-17-18-26(30(34)29(25)33)16-11-22-9-14-24(15-10-22)28-20-19-27(31(35)32(28)36)23-12-7-21(4-2)8-13-23/h19-26H,3-18H2,1-2H3. The van der Waals surface area contributed by atoms with E-state index in [1.807, 2.05) is 12.1 Å². The van der Waals surface area contributed by atoms with Crippen LogP contribution in [0.5, 0.6) is 0 Å². The van der Waals surface area contributed by atoms with Crippen molar-refractivity contribution in [1.82, 2.24) is 0 Å². The van der Waals surface area contributed by atoms with Gasteiger partial charge in [0.15, 0.2) is 11.6 Å². The Hall–Kier alpha value is -1.32. The van der Waals surface area contributed by atoms with Crippen molar-refractivity contribution in [1.29, 1.82) is 0 Å². The molecule has 0 amide bonds. The first-order valence-electron chi connectivity index (χ1n) is 15.0. The number of hydrogen-bond acceptors (Lipinski definition) is 0. The van der Waals surface area contributed by atoms with Gasteiger partial charge in [0.2, 0.25) is 0 Å². The molecule has 2 atom stereocenters. The van der Waals surface area contributed by atoms with E-state index in [1.165, 1.54) is 6.42 Å². The maximum Gasteiger partial charge on any atom is 0.162 e. The van der Waals surface area contributed by atoms with Gasteiger partial charge in [-0.15, -0.1) is 0 Å². The van der Waals surface area contributed by atoms with Crippen LogP contribution in [0.3, 0.4) is 0 Å². The Morgan fingerprint density at radius 3 is 1.53 bits per heavy atom. The third-order valence-corrected chi connectivity index (χ3v) is 9.93. The Labute approximate surface area is 216 Å². The van der Waals surface area contributed by atoms with Crippen molar-refractivity contribution in [2.45, 2.75) is 128 Å². The fraction of sp³-hybridized carbons (Fsp3) is 0.750. The summed E-state index contributed by atoms with van der Waals surface area (Å²) in [5, 5.41) is 0. The first-order valence-corrected chi connectivity index (χ1v) is 15.0. The Balaban J connectivity index is 1.28. The normalized spacial score (nSPS) is 31.6. The Bertz CT molecular complexity index is 874. The van der Waals surface area contributed by atoms with E-state index in [1.54, 1.807) is 0 Å². The van der Waals surface area contributed by atoms with Gasteiger partial charge in [0.1, 0.15) is 11.7 Å². The first kappa shape index (κ1) is 27.7. The molecule has 4 rings (SSSR count). The van der Waals surface area contributed by atoms with Crippen molar-refractivity contribution >= 4 is 0 Å². The molecule has 3 aliphatic rings. The number of halogens is 4. The SMILES string of the molecule is CCCCC1CCC(CCC2CCC(c3ccc(C4CCC(CC)CC4)c(F)c3F)CC2)C(F)=C1F. The fourth-order valence-electron chi connectivity index (χ4n) is 7.33. The molecule has 1 aromatic carbocycles. The fourth-order valence-corrected chi connectivity index (χ4v) is 7.33. The summed E-state index contributed by atoms with van der Waals surface area (Å²) in [4.78, 5) is 0. The van der Waals surface area contributed by atoms with E-state index < -0.39 is 23.3 Å². The lowest BCUT2D eigenvalue weighted by Crippen LogP contribution is -2.19. The van der Waals surface area contributed by atoms with Crippen LogP contribution in [0.4, 0.5) is 17.6 Å². The topological polar surface area (TPSA) is 0 Å². The van der Waals surface area contributed by atoms with E-state index in [9.17, 15) is 8.78 Å². The highest BCUT2D eigenvalue weighted by Crippen LogP contribution is 2.44. The van der Waals surface area contributed by atoms with Gasteiger partial charge in [0.05, 0.1) is 0 Å². The second-order valence-electron chi connectivity index (χ2n) is 12.1. The molecule has 2 fully saturated rings. The lowest BCUT2D eigenvalue weighted by Gasteiger charge is -2.32. The summed E-state index contributed by atoms with van der Waals surface area (Å²) < 4.78 is 59.4. The molecule has 202 valence electrons. The third kappa shape index (κ3) is 6.38. The molecule has 0 saturated heterocycles. The largest absolute Gasteiger partial charge is 0.209 e. The molecule has 2 saturated carbocycles. The second-order valence-corrected chi connectivity index (χ2v) is 12.1. The van der Waals surface area contributed by atoms with Crippen LogP contribution in [0.1, 0.15) is 140 Å².